The minimum atomic E-state index is -0.234. The summed E-state index contributed by atoms with van der Waals surface area (Å²) in [5.74, 6) is 0.230. The van der Waals surface area contributed by atoms with Crippen molar-refractivity contribution in [3.63, 3.8) is 0 Å². The predicted molar refractivity (Wildman–Crippen MR) is 119 cm³/mol. The lowest BCUT2D eigenvalue weighted by molar-refractivity contribution is -0.116. The van der Waals surface area contributed by atoms with Crippen LogP contribution >= 0.6 is 0 Å². The smallest absolute Gasteiger partial charge is 0.254 e. The number of rotatable bonds is 7. The second-order valence-electron chi connectivity index (χ2n) is 7.26. The Bertz CT molecular complexity index is 1010. The molecule has 30 heavy (non-hydrogen) atoms. The molecule has 3 aromatic carbocycles. The molecule has 0 aliphatic rings. The summed E-state index contributed by atoms with van der Waals surface area (Å²) in [6, 6.07) is 22.6. The van der Waals surface area contributed by atoms with Crippen LogP contribution in [-0.2, 0) is 11.4 Å². The quantitative estimate of drug-likeness (QED) is 0.629. The van der Waals surface area contributed by atoms with Crippen molar-refractivity contribution in [1.29, 1.82) is 0 Å². The fourth-order valence-electron chi connectivity index (χ4n) is 3.02. The van der Waals surface area contributed by atoms with Crippen molar-refractivity contribution in [2.75, 3.05) is 18.9 Å². The van der Waals surface area contributed by atoms with Crippen LogP contribution in [0.2, 0.25) is 0 Å². The molecule has 0 saturated heterocycles. The van der Waals surface area contributed by atoms with Crippen LogP contribution in [0.3, 0.4) is 0 Å². The van der Waals surface area contributed by atoms with Crippen LogP contribution in [0.1, 0.15) is 27.0 Å². The molecule has 5 heteroatoms. The summed E-state index contributed by atoms with van der Waals surface area (Å²) in [5, 5.41) is 2.88. The maximum Gasteiger partial charge on any atom is 0.254 e. The third-order valence-electron chi connectivity index (χ3n) is 4.96. The van der Waals surface area contributed by atoms with E-state index in [2.05, 4.69) is 5.32 Å². The third kappa shape index (κ3) is 5.47. The molecule has 0 aromatic heterocycles. The van der Waals surface area contributed by atoms with Crippen molar-refractivity contribution in [1.82, 2.24) is 4.90 Å². The topological polar surface area (TPSA) is 58.6 Å². The Balaban J connectivity index is 1.54. The van der Waals surface area contributed by atoms with Crippen LogP contribution in [0.5, 0.6) is 5.75 Å². The number of ether oxygens (including phenoxy) is 1. The van der Waals surface area contributed by atoms with Crippen LogP contribution in [0.4, 0.5) is 5.69 Å². The Hall–Kier alpha value is -3.60. The van der Waals surface area contributed by atoms with Crippen molar-refractivity contribution in [3.05, 3.63) is 95.1 Å². The molecule has 3 rings (SSSR count). The molecular weight excluding hydrogens is 376 g/mol. The number of anilines is 1. The average Bonchev–Trinajstić information content (AvgIpc) is 2.76. The standard InChI is InChI=1S/C25H26N2O3/c1-18-8-7-11-23(19(18)2)26-24(28)16-27(3)25(29)21-12-14-22(15-13-21)30-17-20-9-5-4-6-10-20/h4-15H,16-17H2,1-3H3,(H,26,28). The molecule has 0 radical (unpaired) electrons. The molecule has 0 atom stereocenters. The van der Waals surface area contributed by atoms with Crippen molar-refractivity contribution in [2.24, 2.45) is 0 Å². The number of nitrogens with one attached hydrogen (secondary N) is 1. The first-order chi connectivity index (χ1) is 14.4. The van der Waals surface area contributed by atoms with Crippen molar-refractivity contribution < 1.29 is 14.3 Å². The second-order valence-corrected chi connectivity index (χ2v) is 7.26. The number of benzene rings is 3. The van der Waals surface area contributed by atoms with Gasteiger partial charge in [-0.2, -0.15) is 0 Å². The first-order valence-corrected chi connectivity index (χ1v) is 9.82. The summed E-state index contributed by atoms with van der Waals surface area (Å²) in [7, 11) is 1.62. The van der Waals surface area contributed by atoms with Crippen molar-refractivity contribution in [3.8, 4) is 5.75 Å². The van der Waals surface area contributed by atoms with Gasteiger partial charge in [-0.1, -0.05) is 42.5 Å². The van der Waals surface area contributed by atoms with Gasteiger partial charge in [0.2, 0.25) is 5.91 Å². The fraction of sp³-hybridized carbons (Fsp3) is 0.200. The third-order valence-corrected chi connectivity index (χ3v) is 4.96. The lowest BCUT2D eigenvalue weighted by Gasteiger charge is -2.18. The van der Waals surface area contributed by atoms with Gasteiger partial charge in [-0.05, 0) is 60.9 Å². The molecule has 3 aromatic rings. The Labute approximate surface area is 177 Å². The van der Waals surface area contributed by atoms with E-state index in [1.54, 1.807) is 31.3 Å². The number of hydrogen-bond acceptors (Lipinski definition) is 3. The molecule has 154 valence electrons. The monoisotopic (exact) mass is 402 g/mol. The van der Waals surface area contributed by atoms with Crippen LogP contribution in [0.25, 0.3) is 0 Å². The molecule has 0 aliphatic carbocycles. The van der Waals surface area contributed by atoms with Crippen LogP contribution in [0, 0.1) is 13.8 Å². The number of amides is 2. The molecule has 0 aliphatic heterocycles. The Kier molecular flexibility index (Phi) is 6.86. The minimum absolute atomic E-state index is 0.0293. The van der Waals surface area contributed by atoms with Crippen molar-refractivity contribution >= 4 is 17.5 Å². The number of hydrogen-bond donors (Lipinski definition) is 1. The highest BCUT2D eigenvalue weighted by molar-refractivity contribution is 5.99. The van der Waals surface area contributed by atoms with Crippen LogP contribution in [-0.4, -0.2) is 30.3 Å². The summed E-state index contributed by atoms with van der Waals surface area (Å²) in [6.07, 6.45) is 0. The lowest BCUT2D eigenvalue weighted by atomic mass is 10.1. The normalized spacial score (nSPS) is 10.4. The summed E-state index contributed by atoms with van der Waals surface area (Å²) < 4.78 is 5.75. The first-order valence-electron chi connectivity index (χ1n) is 9.82. The number of carbonyl (C=O) groups is 2. The van der Waals surface area contributed by atoms with Gasteiger partial charge in [0.25, 0.3) is 5.91 Å². The molecule has 0 saturated carbocycles. The number of carbonyl (C=O) groups excluding carboxylic acids is 2. The molecule has 2 amide bonds. The highest BCUT2D eigenvalue weighted by Crippen LogP contribution is 2.18. The Morgan fingerprint density at radius 2 is 1.60 bits per heavy atom. The Morgan fingerprint density at radius 3 is 2.30 bits per heavy atom. The summed E-state index contributed by atoms with van der Waals surface area (Å²) in [4.78, 5) is 26.4. The molecule has 0 heterocycles. The molecule has 5 nitrogen and oxygen atoms in total. The summed E-state index contributed by atoms with van der Waals surface area (Å²) in [5.41, 5.74) is 4.47. The zero-order chi connectivity index (χ0) is 21.5. The zero-order valence-corrected chi connectivity index (χ0v) is 17.5. The van der Waals surface area contributed by atoms with Gasteiger partial charge in [-0.15, -0.1) is 0 Å². The second kappa shape index (κ2) is 9.74. The van der Waals surface area contributed by atoms with Crippen molar-refractivity contribution in [2.45, 2.75) is 20.5 Å². The van der Waals surface area contributed by atoms with Gasteiger partial charge in [0.15, 0.2) is 0 Å². The minimum Gasteiger partial charge on any atom is -0.489 e. The van der Waals surface area contributed by atoms with Gasteiger partial charge in [0, 0.05) is 18.3 Å². The molecule has 0 unspecified atom stereocenters. The van der Waals surface area contributed by atoms with Gasteiger partial charge in [0.1, 0.15) is 12.4 Å². The fourth-order valence-corrected chi connectivity index (χ4v) is 3.02. The maximum absolute atomic E-state index is 12.6. The largest absolute Gasteiger partial charge is 0.489 e. The van der Waals surface area contributed by atoms with Gasteiger partial charge >= 0.3 is 0 Å². The number of aryl methyl sites for hydroxylation is 1. The van der Waals surface area contributed by atoms with Gasteiger partial charge in [-0.25, -0.2) is 0 Å². The highest BCUT2D eigenvalue weighted by atomic mass is 16.5. The molecular formula is C25H26N2O3. The first kappa shape index (κ1) is 21.1. The summed E-state index contributed by atoms with van der Waals surface area (Å²) in [6.45, 7) is 4.39. The Morgan fingerprint density at radius 1 is 0.900 bits per heavy atom. The van der Waals surface area contributed by atoms with Gasteiger partial charge in [-0.3, -0.25) is 9.59 Å². The molecule has 1 N–H and O–H groups in total. The van der Waals surface area contributed by atoms with Gasteiger partial charge in [0.05, 0.1) is 6.54 Å². The van der Waals surface area contributed by atoms with Gasteiger partial charge < -0.3 is 15.0 Å². The molecule has 0 spiro atoms. The van der Waals surface area contributed by atoms with E-state index in [-0.39, 0.29) is 18.4 Å². The predicted octanol–water partition coefficient (Wildman–Crippen LogP) is 4.59. The zero-order valence-electron chi connectivity index (χ0n) is 17.5. The SMILES string of the molecule is Cc1cccc(NC(=O)CN(C)C(=O)c2ccc(OCc3ccccc3)cc2)c1C. The van der Waals surface area contributed by atoms with E-state index >= 15 is 0 Å². The van der Waals surface area contributed by atoms with E-state index in [4.69, 9.17) is 4.74 Å². The summed E-state index contributed by atoms with van der Waals surface area (Å²) >= 11 is 0. The van der Waals surface area contributed by atoms with E-state index in [9.17, 15) is 9.59 Å². The van der Waals surface area contributed by atoms with E-state index in [0.717, 1.165) is 22.4 Å². The molecule has 0 bridgehead atoms. The molecule has 0 fully saturated rings. The van der Waals surface area contributed by atoms with E-state index in [1.807, 2.05) is 62.4 Å². The van der Waals surface area contributed by atoms with Crippen LogP contribution in [0.15, 0.2) is 72.8 Å². The van der Waals surface area contributed by atoms with Crippen LogP contribution < -0.4 is 10.1 Å². The lowest BCUT2D eigenvalue weighted by Crippen LogP contribution is -2.35. The van der Waals surface area contributed by atoms with E-state index in [1.165, 1.54) is 4.90 Å². The number of likely N-dealkylation sites (N-methyl/N-ethyl adjacent to an activating group) is 1. The number of nitrogens with zero attached hydrogens (tertiary/aromatic N) is 1. The van der Waals surface area contributed by atoms with E-state index < -0.39 is 0 Å². The highest BCUT2D eigenvalue weighted by Gasteiger charge is 2.16. The van der Waals surface area contributed by atoms with E-state index in [0.29, 0.717) is 17.9 Å². The maximum atomic E-state index is 12.6. The average molecular weight is 402 g/mol.